The number of hydrogen-bond donors (Lipinski definition) is 4. The number of amides is 1. The van der Waals surface area contributed by atoms with Crippen LogP contribution in [0.15, 0.2) is 12.1 Å². The van der Waals surface area contributed by atoms with Crippen LogP contribution in [0.3, 0.4) is 0 Å². The molecule has 0 radical (unpaired) electrons. The Morgan fingerprint density at radius 3 is 2.37 bits per heavy atom. The smallest absolute Gasteiger partial charge is 0.302 e. The number of aryl methyl sites for hydroxylation is 1. The second kappa shape index (κ2) is 17.6. The lowest BCUT2D eigenvalue weighted by Crippen LogP contribution is -2.33. The van der Waals surface area contributed by atoms with Crippen LogP contribution in [-0.2, 0) is 25.5 Å². The van der Waals surface area contributed by atoms with Crippen LogP contribution in [0.5, 0.6) is 5.75 Å². The maximum Gasteiger partial charge on any atom is 0.302 e. The summed E-state index contributed by atoms with van der Waals surface area (Å²) in [5.74, 6) is -2.79. The normalized spacial score (nSPS) is 15.9. The van der Waals surface area contributed by atoms with Gasteiger partial charge in [-0.2, -0.15) is 0 Å². The minimum Gasteiger partial charge on any atom is -0.507 e. The summed E-state index contributed by atoms with van der Waals surface area (Å²) < 4.78 is 4.73. The van der Waals surface area contributed by atoms with Crippen LogP contribution in [0.1, 0.15) is 60.5 Å². The number of ketones is 2. The SMILES string of the molecule is CC(=O)OCCCN(C)C.Cc1ccc(O)c2c1C[C@@H](C[C@@H](CCO)C(CO)C(=O)CC(N)=O)CC2=O.O. The Bertz CT molecular complexity index is 933. The third-order valence-electron chi connectivity index (χ3n) is 6.49. The van der Waals surface area contributed by atoms with Gasteiger partial charge >= 0.3 is 5.97 Å². The molecule has 2 rings (SSSR count). The zero-order chi connectivity index (χ0) is 28.1. The summed E-state index contributed by atoms with van der Waals surface area (Å²) in [7, 11) is 3.99. The average molecular weight is 541 g/mol. The molecule has 11 heteroatoms. The molecule has 0 saturated heterocycles. The van der Waals surface area contributed by atoms with Gasteiger partial charge < -0.3 is 36.2 Å². The highest BCUT2D eigenvalue weighted by Crippen LogP contribution is 2.37. The van der Waals surface area contributed by atoms with Crippen molar-refractivity contribution in [2.24, 2.45) is 23.5 Å². The van der Waals surface area contributed by atoms with E-state index < -0.39 is 30.6 Å². The summed E-state index contributed by atoms with van der Waals surface area (Å²) in [6, 6.07) is 3.28. The van der Waals surface area contributed by atoms with E-state index in [1.54, 1.807) is 6.07 Å². The summed E-state index contributed by atoms with van der Waals surface area (Å²) in [6.07, 6.45) is 2.00. The lowest BCUT2D eigenvalue weighted by atomic mass is 9.73. The molecule has 1 amide bonds. The number of fused-ring (bicyclic) bond motifs is 1. The van der Waals surface area contributed by atoms with Crippen LogP contribution in [-0.4, -0.2) is 89.6 Å². The van der Waals surface area contributed by atoms with E-state index in [4.69, 9.17) is 10.5 Å². The fourth-order valence-corrected chi connectivity index (χ4v) is 4.70. The number of phenolic OH excluding ortho intramolecular Hbond substituents is 1. The van der Waals surface area contributed by atoms with Crippen molar-refractivity contribution in [3.05, 3.63) is 28.8 Å². The molecule has 0 aliphatic heterocycles. The van der Waals surface area contributed by atoms with Crippen molar-refractivity contribution < 1.29 is 44.7 Å². The van der Waals surface area contributed by atoms with Crippen LogP contribution in [0.2, 0.25) is 0 Å². The number of rotatable bonds is 13. The third kappa shape index (κ3) is 11.7. The number of benzene rings is 1. The van der Waals surface area contributed by atoms with Crippen molar-refractivity contribution in [2.75, 3.05) is 40.5 Å². The quantitative estimate of drug-likeness (QED) is 0.157. The maximum absolute atomic E-state index is 12.5. The van der Waals surface area contributed by atoms with E-state index in [0.717, 1.165) is 24.1 Å². The monoisotopic (exact) mass is 540 g/mol. The van der Waals surface area contributed by atoms with Crippen LogP contribution in [0.25, 0.3) is 0 Å². The largest absolute Gasteiger partial charge is 0.507 e. The fraction of sp³-hybridized carbons (Fsp3) is 0.630. The Morgan fingerprint density at radius 1 is 1.18 bits per heavy atom. The number of carbonyl (C=O) groups excluding carboxylic acids is 4. The lowest BCUT2D eigenvalue weighted by molar-refractivity contribution is -0.141. The van der Waals surface area contributed by atoms with Gasteiger partial charge in [-0.05, 0) is 75.7 Å². The van der Waals surface area contributed by atoms with Crippen molar-refractivity contribution in [1.29, 1.82) is 0 Å². The number of nitrogens with two attached hydrogens (primary N) is 1. The molecule has 11 nitrogen and oxygen atoms in total. The van der Waals surface area contributed by atoms with Gasteiger partial charge in [-0.1, -0.05) is 6.07 Å². The standard InChI is InChI=1S/C20H27NO6.C7H15NO2.H2O/c1-11-2-3-16(24)20-14(11)7-12(8-18(20)26)6-13(4-5-22)15(10-23)17(25)9-19(21)27;1-7(9)10-6-4-5-8(2)3;/h2-3,12-13,15,22-24H,4-10H2,1H3,(H2,21,27);4-6H2,1-3H3;1H2/t12-,13-,15?;;/m1../s1. The number of primary amides is 1. The first-order valence-electron chi connectivity index (χ1n) is 12.6. The number of carbonyl (C=O) groups is 4. The van der Waals surface area contributed by atoms with Gasteiger partial charge in [0, 0.05) is 32.4 Å². The second-order valence-electron chi connectivity index (χ2n) is 9.86. The molecule has 0 saturated carbocycles. The number of aromatic hydroxyl groups is 1. The van der Waals surface area contributed by atoms with Gasteiger partial charge in [0.05, 0.1) is 25.2 Å². The molecule has 38 heavy (non-hydrogen) atoms. The Morgan fingerprint density at radius 2 is 1.84 bits per heavy atom. The predicted octanol–water partition coefficient (Wildman–Crippen LogP) is 0.564. The number of esters is 1. The van der Waals surface area contributed by atoms with Crippen molar-refractivity contribution in [1.82, 2.24) is 4.90 Å². The number of phenols is 1. The van der Waals surface area contributed by atoms with Gasteiger partial charge in [-0.25, -0.2) is 0 Å². The fourth-order valence-electron chi connectivity index (χ4n) is 4.70. The number of hydrogen-bond acceptors (Lipinski definition) is 9. The summed E-state index contributed by atoms with van der Waals surface area (Å²) in [5, 5.41) is 29.1. The van der Waals surface area contributed by atoms with Crippen molar-refractivity contribution >= 4 is 23.4 Å². The van der Waals surface area contributed by atoms with E-state index in [-0.39, 0.29) is 54.3 Å². The van der Waals surface area contributed by atoms with E-state index in [2.05, 4.69) is 4.90 Å². The van der Waals surface area contributed by atoms with Crippen LogP contribution in [0.4, 0.5) is 0 Å². The Labute approximate surface area is 224 Å². The molecule has 7 N–H and O–H groups in total. The molecule has 1 aromatic carbocycles. The van der Waals surface area contributed by atoms with Gasteiger partial charge in [0.2, 0.25) is 5.91 Å². The van der Waals surface area contributed by atoms with Gasteiger partial charge in [0.1, 0.15) is 11.5 Å². The number of aliphatic hydroxyl groups excluding tert-OH is 2. The van der Waals surface area contributed by atoms with Gasteiger partial charge in [-0.3, -0.25) is 19.2 Å². The molecule has 0 aromatic heterocycles. The van der Waals surface area contributed by atoms with Crippen molar-refractivity contribution in [2.45, 2.75) is 52.4 Å². The van der Waals surface area contributed by atoms with Crippen LogP contribution >= 0.6 is 0 Å². The van der Waals surface area contributed by atoms with E-state index in [9.17, 15) is 34.5 Å². The first-order chi connectivity index (χ1) is 17.4. The second-order valence-corrected chi connectivity index (χ2v) is 9.86. The first-order valence-corrected chi connectivity index (χ1v) is 12.6. The van der Waals surface area contributed by atoms with Gasteiger partial charge in [0.25, 0.3) is 0 Å². The summed E-state index contributed by atoms with van der Waals surface area (Å²) in [5.41, 5.74) is 7.18. The topological polar surface area (TPSA) is 199 Å². The highest BCUT2D eigenvalue weighted by Gasteiger charge is 2.34. The molecule has 0 fully saturated rings. The van der Waals surface area contributed by atoms with E-state index in [1.165, 1.54) is 13.0 Å². The molecular weight excluding hydrogens is 496 g/mol. The lowest BCUT2D eigenvalue weighted by Gasteiger charge is -2.31. The summed E-state index contributed by atoms with van der Waals surface area (Å²) in [4.78, 5) is 48.2. The van der Waals surface area contributed by atoms with Crippen molar-refractivity contribution in [3.8, 4) is 5.75 Å². The minimum atomic E-state index is -0.800. The third-order valence-corrected chi connectivity index (χ3v) is 6.49. The van der Waals surface area contributed by atoms with E-state index in [0.29, 0.717) is 25.0 Å². The zero-order valence-electron chi connectivity index (χ0n) is 22.9. The van der Waals surface area contributed by atoms with Crippen LogP contribution in [0, 0.1) is 24.7 Å². The highest BCUT2D eigenvalue weighted by molar-refractivity contribution is 6.01. The summed E-state index contributed by atoms with van der Waals surface area (Å²) in [6.45, 7) is 4.21. The molecule has 0 bridgehead atoms. The highest BCUT2D eigenvalue weighted by atomic mass is 16.5. The maximum atomic E-state index is 12.5. The molecule has 3 atom stereocenters. The molecule has 0 heterocycles. The summed E-state index contributed by atoms with van der Waals surface area (Å²) >= 11 is 0. The number of Topliss-reactive ketones (excluding diaryl/α,β-unsaturated/α-hetero) is 2. The molecule has 1 aromatic rings. The van der Waals surface area contributed by atoms with E-state index >= 15 is 0 Å². The van der Waals surface area contributed by atoms with Crippen molar-refractivity contribution in [3.63, 3.8) is 0 Å². The molecule has 0 spiro atoms. The molecular formula is C27H44N2O9. The average Bonchev–Trinajstić information content (AvgIpc) is 2.79. The molecule has 1 aliphatic rings. The number of nitrogens with zero attached hydrogens (tertiary/aromatic N) is 1. The van der Waals surface area contributed by atoms with Crippen LogP contribution < -0.4 is 5.73 Å². The van der Waals surface area contributed by atoms with Gasteiger partial charge in [0.15, 0.2) is 5.78 Å². The Hall–Kier alpha value is -2.86. The predicted molar refractivity (Wildman–Crippen MR) is 142 cm³/mol. The zero-order valence-corrected chi connectivity index (χ0v) is 22.9. The van der Waals surface area contributed by atoms with Gasteiger partial charge in [-0.15, -0.1) is 0 Å². The van der Waals surface area contributed by atoms with E-state index in [1.807, 2.05) is 21.0 Å². The Balaban J connectivity index is 0.00000106. The molecule has 216 valence electrons. The molecule has 1 aliphatic carbocycles. The minimum absolute atomic E-state index is 0. The number of aliphatic hydroxyl groups is 2. The molecule has 1 unspecified atom stereocenters. The first kappa shape index (κ1) is 35.1. The number of ether oxygens (including phenoxy) is 1. The Kier molecular flexibility index (Phi) is 16.3.